The second-order valence-corrected chi connectivity index (χ2v) is 0.224. The summed E-state index contributed by atoms with van der Waals surface area (Å²) < 4.78 is 0. The minimum atomic E-state index is -1.75. The molecule has 0 aromatic carbocycles. The average molecular weight is 325 g/mol. The maximum atomic E-state index is 8.25. The SMILES string of the molecule is N.N.N.N.O=[N+]([O-])[O-].[Pt+2]. The quantitative estimate of drug-likeness (QED) is 0.363. The van der Waals surface area contributed by atoms with E-state index in [9.17, 15) is 0 Å². The number of hydrogen-bond acceptors (Lipinski definition) is 7. The van der Waals surface area contributed by atoms with E-state index < -0.39 is 5.09 Å². The third kappa shape index (κ3) is 3440. The first kappa shape index (κ1) is 70.0. The van der Waals surface area contributed by atoms with Crippen molar-refractivity contribution in [2.75, 3.05) is 0 Å². The van der Waals surface area contributed by atoms with E-state index in [0.29, 0.717) is 0 Å². The van der Waals surface area contributed by atoms with E-state index in [0.717, 1.165) is 0 Å². The molecule has 0 unspecified atom stereocenters. The Balaban J connectivity index is -0.00000000450. The molecule has 0 aromatic rings. The number of rotatable bonds is 0. The predicted molar refractivity (Wildman–Crippen MR) is 30.4 cm³/mol. The molecule has 8 nitrogen and oxygen atoms in total. The third-order valence-electron chi connectivity index (χ3n) is 0. The summed E-state index contributed by atoms with van der Waals surface area (Å²) in [5, 5.41) is 14.8. The van der Waals surface area contributed by atoms with Gasteiger partial charge in [0.15, 0.2) is 0 Å². The molecule has 9 heavy (non-hydrogen) atoms. The van der Waals surface area contributed by atoms with Gasteiger partial charge < -0.3 is 39.9 Å². The van der Waals surface area contributed by atoms with Gasteiger partial charge >= 0.3 is 21.1 Å². The zero-order valence-corrected chi connectivity index (χ0v) is 7.09. The molecule has 64 valence electrons. The average Bonchev–Trinajstić information content (AvgIpc) is 0.811. The van der Waals surface area contributed by atoms with E-state index in [1.165, 1.54) is 0 Å². The van der Waals surface area contributed by atoms with E-state index in [4.69, 9.17) is 15.3 Å². The Morgan fingerprint density at radius 3 is 0.889 bits per heavy atom. The van der Waals surface area contributed by atoms with Gasteiger partial charge in [-0.2, -0.15) is 0 Å². The molecule has 9 heteroatoms. The van der Waals surface area contributed by atoms with Gasteiger partial charge in [0.05, 0.1) is 5.09 Å². The molecule has 0 aliphatic heterocycles. The minimum absolute atomic E-state index is 0. The van der Waals surface area contributed by atoms with Crippen LogP contribution in [0.4, 0.5) is 0 Å². The summed E-state index contributed by atoms with van der Waals surface area (Å²) >= 11 is 0. The van der Waals surface area contributed by atoms with Crippen molar-refractivity contribution in [1.29, 1.82) is 0 Å². The fourth-order valence-electron chi connectivity index (χ4n) is 0. The Labute approximate surface area is 66.7 Å². The molecule has 0 amide bonds. The molecule has 0 fully saturated rings. The molecule has 0 aromatic heterocycles. The molecule has 0 saturated heterocycles. The molecule has 0 spiro atoms. The Bertz CT molecular complexity index is 35.2. The van der Waals surface area contributed by atoms with Crippen molar-refractivity contribution >= 4 is 0 Å². The van der Waals surface area contributed by atoms with Gasteiger partial charge in [-0.1, -0.05) is 0 Å². The van der Waals surface area contributed by atoms with Crippen molar-refractivity contribution in [3.05, 3.63) is 15.3 Å². The summed E-state index contributed by atoms with van der Waals surface area (Å²) in [5.41, 5.74) is 0. The molecule has 0 atom stereocenters. The van der Waals surface area contributed by atoms with Crippen molar-refractivity contribution in [3.63, 3.8) is 0 Å². The molecular formula is H12N5O3Pt+. The zero-order chi connectivity index (χ0) is 3.58. The monoisotopic (exact) mass is 325 g/mol. The van der Waals surface area contributed by atoms with Crippen molar-refractivity contribution in [2.24, 2.45) is 0 Å². The summed E-state index contributed by atoms with van der Waals surface area (Å²) in [7, 11) is 0. The van der Waals surface area contributed by atoms with Crippen LogP contribution >= 0.6 is 0 Å². The molecule has 0 saturated carbocycles. The van der Waals surface area contributed by atoms with Crippen LogP contribution in [0.25, 0.3) is 0 Å². The van der Waals surface area contributed by atoms with Crippen LogP contribution in [0.1, 0.15) is 0 Å². The molecule has 12 N–H and O–H groups in total. The zero-order valence-electron chi connectivity index (χ0n) is 4.82. The van der Waals surface area contributed by atoms with Crippen LogP contribution in [-0.4, -0.2) is 5.09 Å². The van der Waals surface area contributed by atoms with E-state index in [2.05, 4.69) is 0 Å². The molecule has 0 radical (unpaired) electrons. The summed E-state index contributed by atoms with van der Waals surface area (Å²) in [4.78, 5) is 8.25. The topological polar surface area (TPSA) is 206 Å². The van der Waals surface area contributed by atoms with E-state index >= 15 is 0 Å². The van der Waals surface area contributed by atoms with Crippen molar-refractivity contribution in [1.82, 2.24) is 24.6 Å². The molecule has 0 rings (SSSR count). The Morgan fingerprint density at radius 2 is 0.889 bits per heavy atom. The second kappa shape index (κ2) is 47.0. The Hall–Kier alpha value is -0.272. The molecule has 0 aliphatic carbocycles. The summed E-state index contributed by atoms with van der Waals surface area (Å²) in [6, 6.07) is 0. The van der Waals surface area contributed by atoms with Gasteiger partial charge in [-0.25, -0.2) is 0 Å². The van der Waals surface area contributed by atoms with Crippen LogP contribution in [0.3, 0.4) is 0 Å². The first-order valence-electron chi connectivity index (χ1n) is 0.548. The second-order valence-electron chi connectivity index (χ2n) is 0.224. The molecule has 0 aliphatic rings. The van der Waals surface area contributed by atoms with Gasteiger partial charge in [0.2, 0.25) is 0 Å². The van der Waals surface area contributed by atoms with Crippen molar-refractivity contribution in [3.8, 4) is 0 Å². The van der Waals surface area contributed by atoms with Gasteiger partial charge in [-0.15, -0.1) is 0 Å². The van der Waals surface area contributed by atoms with E-state index in [-0.39, 0.29) is 45.7 Å². The minimum Gasteiger partial charge on any atom is -0.356 e. The maximum Gasteiger partial charge on any atom is 2.00 e. The number of hydrogen-bond donors (Lipinski definition) is 4. The summed E-state index contributed by atoms with van der Waals surface area (Å²) in [6.45, 7) is 0. The summed E-state index contributed by atoms with van der Waals surface area (Å²) in [6.07, 6.45) is 0. The van der Waals surface area contributed by atoms with Crippen molar-refractivity contribution < 1.29 is 26.2 Å². The van der Waals surface area contributed by atoms with Crippen LogP contribution in [0, 0.1) is 15.3 Å². The van der Waals surface area contributed by atoms with E-state index in [1.807, 2.05) is 0 Å². The van der Waals surface area contributed by atoms with Crippen LogP contribution < -0.4 is 24.6 Å². The largest absolute Gasteiger partial charge is 2.00 e. The predicted octanol–water partition coefficient (Wildman–Crippen LogP) is 0.406. The molecule has 0 heterocycles. The van der Waals surface area contributed by atoms with Crippen LogP contribution in [-0.2, 0) is 21.1 Å². The van der Waals surface area contributed by atoms with Crippen LogP contribution in [0.2, 0.25) is 0 Å². The first-order chi connectivity index (χ1) is 1.73. The van der Waals surface area contributed by atoms with Gasteiger partial charge in [-0.05, 0) is 0 Å². The fourth-order valence-corrected chi connectivity index (χ4v) is 0. The number of nitrogens with zero attached hydrogens (tertiary/aromatic N) is 1. The normalized spacial score (nSPS) is 2.67. The summed E-state index contributed by atoms with van der Waals surface area (Å²) in [5.74, 6) is 0. The van der Waals surface area contributed by atoms with Gasteiger partial charge in [0.1, 0.15) is 0 Å². The first-order valence-corrected chi connectivity index (χ1v) is 0.548. The Kier molecular flexibility index (Phi) is 366. The van der Waals surface area contributed by atoms with Gasteiger partial charge in [-0.3, -0.25) is 0 Å². The molecule has 0 bridgehead atoms. The standard InChI is InChI=1S/NO3.4H3N.Pt/c2-1(3)4;;;;;/h;4*1H3;/q-1;;;;;+2. The van der Waals surface area contributed by atoms with Crippen LogP contribution in [0.5, 0.6) is 0 Å². The van der Waals surface area contributed by atoms with Crippen LogP contribution in [0.15, 0.2) is 0 Å². The fraction of sp³-hybridized carbons (Fsp3) is 0. The van der Waals surface area contributed by atoms with Gasteiger partial charge in [0, 0.05) is 0 Å². The Morgan fingerprint density at radius 1 is 0.889 bits per heavy atom. The van der Waals surface area contributed by atoms with Crippen molar-refractivity contribution in [2.45, 2.75) is 0 Å². The smallest absolute Gasteiger partial charge is 0.356 e. The van der Waals surface area contributed by atoms with E-state index in [1.54, 1.807) is 0 Å². The van der Waals surface area contributed by atoms with Gasteiger partial charge in [0.25, 0.3) is 0 Å². The maximum absolute atomic E-state index is 8.25. The molecular weight excluding hydrogens is 313 g/mol. The third-order valence-corrected chi connectivity index (χ3v) is 0.